The Morgan fingerprint density at radius 3 is 2.61 bits per heavy atom. The molecule has 0 radical (unpaired) electrons. The van der Waals surface area contributed by atoms with Crippen LogP contribution in [0.3, 0.4) is 0 Å². The third kappa shape index (κ3) is 2.38. The molecule has 0 aliphatic heterocycles. The fourth-order valence-electron chi connectivity index (χ4n) is 1.71. The van der Waals surface area contributed by atoms with Crippen molar-refractivity contribution >= 4 is 0 Å². The summed E-state index contributed by atoms with van der Waals surface area (Å²) in [6.07, 6.45) is 2.00. The molecular weight excluding hydrogens is 245 g/mol. The Morgan fingerprint density at radius 1 is 1.28 bits per heavy atom. The van der Waals surface area contributed by atoms with E-state index in [9.17, 15) is 18.3 Å². The van der Waals surface area contributed by atoms with Crippen LogP contribution in [0.25, 0.3) is 0 Å². The van der Waals surface area contributed by atoms with E-state index in [-0.39, 0.29) is 12.0 Å². The Balaban J connectivity index is 2.24. The van der Waals surface area contributed by atoms with Gasteiger partial charge in [-0.15, -0.1) is 0 Å². The van der Waals surface area contributed by atoms with Crippen LogP contribution in [-0.2, 0) is 13.5 Å². The van der Waals surface area contributed by atoms with Gasteiger partial charge >= 0.3 is 0 Å². The van der Waals surface area contributed by atoms with Crippen LogP contribution in [0.2, 0.25) is 0 Å². The highest BCUT2D eigenvalue weighted by Crippen LogP contribution is 2.24. The van der Waals surface area contributed by atoms with Gasteiger partial charge in [0.25, 0.3) is 0 Å². The maximum Gasteiger partial charge on any atom is 0.194 e. The van der Waals surface area contributed by atoms with Crippen LogP contribution in [0, 0.1) is 17.5 Å². The summed E-state index contributed by atoms with van der Waals surface area (Å²) in [5.41, 5.74) is 0.409. The van der Waals surface area contributed by atoms with Gasteiger partial charge in [-0.25, -0.2) is 13.2 Å². The van der Waals surface area contributed by atoms with Crippen molar-refractivity contribution in [2.75, 3.05) is 0 Å². The van der Waals surface area contributed by atoms with Gasteiger partial charge in [0.05, 0.1) is 12.3 Å². The number of hydrogen-bond donors (Lipinski definition) is 1. The van der Waals surface area contributed by atoms with Gasteiger partial charge in [-0.3, -0.25) is 4.68 Å². The molecule has 1 N–H and O–H groups in total. The zero-order valence-corrected chi connectivity index (χ0v) is 9.57. The van der Waals surface area contributed by atoms with Gasteiger partial charge in [0.1, 0.15) is 0 Å². The van der Waals surface area contributed by atoms with Crippen LogP contribution < -0.4 is 0 Å². The second-order valence-electron chi connectivity index (χ2n) is 4.01. The van der Waals surface area contributed by atoms with E-state index in [1.807, 2.05) is 0 Å². The van der Waals surface area contributed by atoms with Crippen molar-refractivity contribution in [3.63, 3.8) is 0 Å². The number of halogens is 3. The van der Waals surface area contributed by atoms with Crippen molar-refractivity contribution in [3.8, 4) is 0 Å². The van der Waals surface area contributed by atoms with Crippen LogP contribution in [-0.4, -0.2) is 14.9 Å². The average Bonchev–Trinajstić information content (AvgIpc) is 2.71. The van der Waals surface area contributed by atoms with Crippen molar-refractivity contribution < 1.29 is 18.3 Å². The first-order valence-corrected chi connectivity index (χ1v) is 5.28. The summed E-state index contributed by atoms with van der Waals surface area (Å²) in [6.45, 7) is 0. The van der Waals surface area contributed by atoms with Crippen LogP contribution in [0.4, 0.5) is 13.2 Å². The first-order valence-electron chi connectivity index (χ1n) is 5.28. The van der Waals surface area contributed by atoms with Gasteiger partial charge in [-0.1, -0.05) is 6.07 Å². The van der Waals surface area contributed by atoms with Crippen molar-refractivity contribution in [2.24, 2.45) is 7.05 Å². The quantitative estimate of drug-likeness (QED) is 0.854. The van der Waals surface area contributed by atoms with Crippen LogP contribution >= 0.6 is 0 Å². The van der Waals surface area contributed by atoms with Gasteiger partial charge in [-0.2, -0.15) is 5.10 Å². The normalized spacial score (nSPS) is 12.7. The van der Waals surface area contributed by atoms with E-state index in [1.54, 1.807) is 13.2 Å². The average molecular weight is 256 g/mol. The van der Waals surface area contributed by atoms with Gasteiger partial charge in [0.2, 0.25) is 0 Å². The third-order valence-corrected chi connectivity index (χ3v) is 2.61. The van der Waals surface area contributed by atoms with E-state index in [4.69, 9.17) is 0 Å². The zero-order chi connectivity index (χ0) is 13.3. The first kappa shape index (κ1) is 12.6. The molecule has 18 heavy (non-hydrogen) atoms. The summed E-state index contributed by atoms with van der Waals surface area (Å²) >= 11 is 0. The molecule has 6 heteroatoms. The maximum atomic E-state index is 13.4. The Labute approximate surface area is 101 Å². The smallest absolute Gasteiger partial charge is 0.194 e. The van der Waals surface area contributed by atoms with E-state index < -0.39 is 23.6 Å². The molecule has 2 aromatic rings. The van der Waals surface area contributed by atoms with E-state index in [1.165, 1.54) is 10.9 Å². The summed E-state index contributed by atoms with van der Waals surface area (Å²) in [4.78, 5) is 0. The maximum absolute atomic E-state index is 13.4. The molecule has 96 valence electrons. The molecular formula is C12H11F3N2O. The summed E-state index contributed by atoms with van der Waals surface area (Å²) in [7, 11) is 1.70. The summed E-state index contributed by atoms with van der Waals surface area (Å²) in [5, 5.41) is 13.7. The summed E-state index contributed by atoms with van der Waals surface area (Å²) < 4.78 is 40.7. The molecule has 0 fully saturated rings. The van der Waals surface area contributed by atoms with Gasteiger partial charge < -0.3 is 5.11 Å². The fourth-order valence-corrected chi connectivity index (χ4v) is 1.71. The number of rotatable bonds is 3. The number of aromatic nitrogens is 2. The minimum Gasteiger partial charge on any atom is -0.388 e. The lowest BCUT2D eigenvalue weighted by Crippen LogP contribution is -2.06. The number of aliphatic hydroxyl groups is 1. The predicted molar refractivity (Wildman–Crippen MR) is 58.2 cm³/mol. The van der Waals surface area contributed by atoms with Crippen LogP contribution in [0.5, 0.6) is 0 Å². The molecule has 1 heterocycles. The molecule has 0 amide bonds. The molecule has 1 aromatic heterocycles. The number of aliphatic hydroxyl groups excluding tert-OH is 1. The second-order valence-corrected chi connectivity index (χ2v) is 4.01. The van der Waals surface area contributed by atoms with Gasteiger partial charge in [0, 0.05) is 25.2 Å². The molecule has 2 rings (SSSR count). The number of benzene rings is 1. The molecule has 0 bridgehead atoms. The van der Waals surface area contributed by atoms with E-state index >= 15 is 0 Å². The molecule has 0 spiro atoms. The van der Waals surface area contributed by atoms with Crippen molar-refractivity contribution in [1.29, 1.82) is 0 Å². The predicted octanol–water partition coefficient (Wildman–Crippen LogP) is 2.11. The zero-order valence-electron chi connectivity index (χ0n) is 9.57. The first-order chi connectivity index (χ1) is 8.49. The van der Waals surface area contributed by atoms with Crippen molar-refractivity contribution in [3.05, 3.63) is 53.1 Å². The SMILES string of the molecule is Cn1cc(CC(O)c2ccc(F)c(F)c2F)cn1. The highest BCUT2D eigenvalue weighted by Gasteiger charge is 2.19. The van der Waals surface area contributed by atoms with Gasteiger partial charge in [0.15, 0.2) is 17.5 Å². The van der Waals surface area contributed by atoms with Crippen LogP contribution in [0.1, 0.15) is 17.2 Å². The highest BCUT2D eigenvalue weighted by molar-refractivity contribution is 5.24. The number of aryl methyl sites for hydroxylation is 1. The molecule has 0 saturated carbocycles. The lowest BCUT2D eigenvalue weighted by atomic mass is 10.0. The minimum atomic E-state index is -1.57. The lowest BCUT2D eigenvalue weighted by molar-refractivity contribution is 0.172. The molecule has 3 nitrogen and oxygen atoms in total. The summed E-state index contributed by atoms with van der Waals surface area (Å²) in [6, 6.07) is 1.83. The molecule has 0 aliphatic rings. The molecule has 0 saturated heterocycles. The largest absolute Gasteiger partial charge is 0.388 e. The van der Waals surface area contributed by atoms with E-state index in [0.29, 0.717) is 5.56 Å². The Bertz CT molecular complexity index is 568. The third-order valence-electron chi connectivity index (χ3n) is 2.61. The standard InChI is InChI=1S/C12H11F3N2O/c1-17-6-7(5-16-17)4-10(18)8-2-3-9(13)12(15)11(8)14/h2-3,5-6,10,18H,4H2,1H3. The van der Waals surface area contributed by atoms with Crippen LogP contribution in [0.15, 0.2) is 24.5 Å². The Hall–Kier alpha value is -1.82. The molecule has 1 unspecified atom stereocenters. The lowest BCUT2D eigenvalue weighted by Gasteiger charge is -2.11. The second kappa shape index (κ2) is 4.81. The van der Waals surface area contributed by atoms with E-state index in [0.717, 1.165) is 12.1 Å². The highest BCUT2D eigenvalue weighted by atomic mass is 19.2. The van der Waals surface area contributed by atoms with Crippen molar-refractivity contribution in [2.45, 2.75) is 12.5 Å². The Morgan fingerprint density at radius 2 is 2.00 bits per heavy atom. The number of nitrogens with zero attached hydrogens (tertiary/aromatic N) is 2. The monoisotopic (exact) mass is 256 g/mol. The molecule has 1 atom stereocenters. The molecule has 1 aromatic carbocycles. The van der Waals surface area contributed by atoms with Gasteiger partial charge in [-0.05, 0) is 11.6 Å². The number of hydrogen-bond acceptors (Lipinski definition) is 2. The van der Waals surface area contributed by atoms with E-state index in [2.05, 4.69) is 5.10 Å². The topological polar surface area (TPSA) is 38.0 Å². The van der Waals surface area contributed by atoms with Crippen molar-refractivity contribution in [1.82, 2.24) is 9.78 Å². The Kier molecular flexibility index (Phi) is 3.38. The fraction of sp³-hybridized carbons (Fsp3) is 0.250. The molecule has 0 aliphatic carbocycles. The minimum absolute atomic E-state index is 0.0792. The summed E-state index contributed by atoms with van der Waals surface area (Å²) in [5.74, 6) is -4.20.